The predicted octanol–water partition coefficient (Wildman–Crippen LogP) is 4.37. The fourth-order valence-electron chi connectivity index (χ4n) is 5.36. The quantitative estimate of drug-likeness (QED) is 0.583. The Morgan fingerprint density at radius 2 is 2.00 bits per heavy atom. The van der Waals surface area contributed by atoms with Gasteiger partial charge in [0.15, 0.2) is 11.9 Å². The Bertz CT molecular complexity index is 641. The van der Waals surface area contributed by atoms with Gasteiger partial charge in [-0.2, -0.15) is 0 Å². The molecule has 1 saturated carbocycles. The molecule has 0 heterocycles. The average molecular weight is 363 g/mol. The third-order valence-electron chi connectivity index (χ3n) is 6.73. The van der Waals surface area contributed by atoms with Crippen molar-refractivity contribution in [2.24, 2.45) is 16.7 Å². The first kappa shape index (κ1) is 20.9. The molecule has 0 spiro atoms. The average Bonchev–Trinajstić information content (AvgIpc) is 2.50. The number of hydrogen-bond donors (Lipinski definition) is 1. The molecular formula is C22H34O4. The molecule has 0 amide bonds. The van der Waals surface area contributed by atoms with Crippen LogP contribution < -0.4 is 0 Å². The molecule has 0 aliphatic heterocycles. The first-order valence-electron chi connectivity index (χ1n) is 9.63. The Labute approximate surface area is 157 Å². The molecule has 1 N–H and O–H groups in total. The van der Waals surface area contributed by atoms with Gasteiger partial charge in [-0.05, 0) is 55.9 Å². The monoisotopic (exact) mass is 362 g/mol. The molecule has 0 aromatic heterocycles. The number of carbonyl (C=O) groups excluding carboxylic acids is 2. The maximum absolute atomic E-state index is 13.1. The van der Waals surface area contributed by atoms with E-state index in [2.05, 4.69) is 27.4 Å². The second-order valence-electron chi connectivity index (χ2n) is 9.30. The summed E-state index contributed by atoms with van der Waals surface area (Å²) >= 11 is 0. The highest BCUT2D eigenvalue weighted by Gasteiger charge is 2.58. The fourth-order valence-corrected chi connectivity index (χ4v) is 5.36. The van der Waals surface area contributed by atoms with E-state index in [1.54, 1.807) is 13.0 Å². The molecule has 0 unspecified atom stereocenters. The van der Waals surface area contributed by atoms with Crippen molar-refractivity contribution in [2.75, 3.05) is 0 Å². The number of fused-ring (bicyclic) bond motifs is 1. The van der Waals surface area contributed by atoms with Gasteiger partial charge in [0.05, 0.1) is 5.60 Å². The fraction of sp³-hybridized carbons (Fsp3) is 0.727. The molecule has 146 valence electrons. The first-order valence-corrected chi connectivity index (χ1v) is 9.63. The number of Topliss-reactive ketones (excluding diaryl/α,β-unsaturated/α-hetero) is 1. The van der Waals surface area contributed by atoms with Gasteiger partial charge in [0.2, 0.25) is 0 Å². The first-order chi connectivity index (χ1) is 11.9. The van der Waals surface area contributed by atoms with Gasteiger partial charge in [-0.25, -0.2) is 0 Å². The van der Waals surface area contributed by atoms with Crippen molar-refractivity contribution in [3.8, 4) is 0 Å². The van der Waals surface area contributed by atoms with Crippen molar-refractivity contribution in [3.63, 3.8) is 0 Å². The Kier molecular flexibility index (Phi) is 5.59. The zero-order chi connectivity index (χ0) is 19.9. The van der Waals surface area contributed by atoms with Crippen LogP contribution >= 0.6 is 0 Å². The van der Waals surface area contributed by atoms with Crippen molar-refractivity contribution in [2.45, 2.75) is 85.4 Å². The van der Waals surface area contributed by atoms with Crippen LogP contribution in [0.1, 0.15) is 73.6 Å². The highest BCUT2D eigenvalue weighted by molar-refractivity contribution is 6.01. The minimum atomic E-state index is -0.959. The SMILES string of the molecule is C=C[C@](C)(O)CCC1=C(C)C(=O)[C@@H](OC(C)=O)[C@H]2C(C)(C)CCC[C@]12C. The summed E-state index contributed by atoms with van der Waals surface area (Å²) in [7, 11) is 0. The molecule has 4 nitrogen and oxygen atoms in total. The van der Waals surface area contributed by atoms with Crippen LogP contribution in [0.4, 0.5) is 0 Å². The van der Waals surface area contributed by atoms with Gasteiger partial charge >= 0.3 is 5.97 Å². The van der Waals surface area contributed by atoms with E-state index in [0.29, 0.717) is 18.4 Å². The van der Waals surface area contributed by atoms with Gasteiger partial charge in [0.1, 0.15) is 0 Å². The summed E-state index contributed by atoms with van der Waals surface area (Å²) in [6, 6.07) is 0. The van der Waals surface area contributed by atoms with Gasteiger partial charge in [0, 0.05) is 12.8 Å². The van der Waals surface area contributed by atoms with E-state index in [1.165, 1.54) is 6.92 Å². The van der Waals surface area contributed by atoms with E-state index in [1.807, 2.05) is 6.92 Å². The molecule has 26 heavy (non-hydrogen) atoms. The molecule has 0 aromatic rings. The maximum Gasteiger partial charge on any atom is 0.303 e. The van der Waals surface area contributed by atoms with Crippen molar-refractivity contribution < 1.29 is 19.4 Å². The van der Waals surface area contributed by atoms with Crippen LogP contribution in [0.25, 0.3) is 0 Å². The van der Waals surface area contributed by atoms with E-state index in [9.17, 15) is 14.7 Å². The number of ether oxygens (including phenoxy) is 1. The van der Waals surface area contributed by atoms with Crippen LogP contribution in [0.15, 0.2) is 23.8 Å². The largest absolute Gasteiger partial charge is 0.454 e. The second kappa shape index (κ2) is 6.95. The van der Waals surface area contributed by atoms with E-state index in [-0.39, 0.29) is 22.5 Å². The molecule has 0 bridgehead atoms. The van der Waals surface area contributed by atoms with Gasteiger partial charge in [-0.1, -0.05) is 38.8 Å². The summed E-state index contributed by atoms with van der Waals surface area (Å²) in [5.41, 5.74) is 0.546. The van der Waals surface area contributed by atoms with Crippen molar-refractivity contribution in [3.05, 3.63) is 23.8 Å². The highest BCUT2D eigenvalue weighted by atomic mass is 16.5. The number of carbonyl (C=O) groups is 2. The maximum atomic E-state index is 13.1. The van der Waals surface area contributed by atoms with Crippen LogP contribution in [0.2, 0.25) is 0 Å². The summed E-state index contributed by atoms with van der Waals surface area (Å²) in [6.07, 6.45) is 5.07. The van der Waals surface area contributed by atoms with Gasteiger partial charge in [0.25, 0.3) is 0 Å². The van der Waals surface area contributed by atoms with E-state index < -0.39 is 17.7 Å². The lowest BCUT2D eigenvalue weighted by atomic mass is 9.48. The molecule has 2 aliphatic carbocycles. The highest BCUT2D eigenvalue weighted by Crippen LogP contribution is 2.60. The number of allylic oxidation sites excluding steroid dienone is 1. The number of rotatable bonds is 5. The normalized spacial score (nSPS) is 33.3. The van der Waals surface area contributed by atoms with E-state index in [4.69, 9.17) is 4.74 Å². The Balaban J connectivity index is 2.53. The minimum Gasteiger partial charge on any atom is -0.454 e. The lowest BCUT2D eigenvalue weighted by molar-refractivity contribution is -0.167. The zero-order valence-electron chi connectivity index (χ0n) is 17.1. The number of ketones is 1. The third-order valence-corrected chi connectivity index (χ3v) is 6.73. The standard InChI is InChI=1S/C22H34O4/c1-8-21(6,25)13-10-16-14(2)17(24)18(26-15(3)23)19-20(4,5)11-9-12-22(16,19)7/h8,18-19,25H,1,9-13H2,2-7H3/t18-,19+,21+,22-/m1/s1. The van der Waals surface area contributed by atoms with Crippen molar-refractivity contribution in [1.82, 2.24) is 0 Å². The molecule has 0 aromatic carbocycles. The topological polar surface area (TPSA) is 63.6 Å². The summed E-state index contributed by atoms with van der Waals surface area (Å²) in [5, 5.41) is 10.4. The smallest absolute Gasteiger partial charge is 0.303 e. The molecular weight excluding hydrogens is 328 g/mol. The molecule has 1 fully saturated rings. The van der Waals surface area contributed by atoms with Crippen LogP contribution in [0.5, 0.6) is 0 Å². The minimum absolute atomic E-state index is 0.0486. The summed E-state index contributed by atoms with van der Waals surface area (Å²) in [5.74, 6) is -0.531. The summed E-state index contributed by atoms with van der Waals surface area (Å²) in [6.45, 7) is 15.2. The van der Waals surface area contributed by atoms with E-state index >= 15 is 0 Å². The van der Waals surface area contributed by atoms with Crippen molar-refractivity contribution >= 4 is 11.8 Å². The van der Waals surface area contributed by atoms with Crippen molar-refractivity contribution in [1.29, 1.82) is 0 Å². The molecule has 4 heteroatoms. The van der Waals surface area contributed by atoms with Crippen LogP contribution in [0, 0.1) is 16.7 Å². The summed E-state index contributed by atoms with van der Waals surface area (Å²) in [4.78, 5) is 24.8. The van der Waals surface area contributed by atoms with E-state index in [0.717, 1.165) is 24.8 Å². The van der Waals surface area contributed by atoms with Crippen LogP contribution in [-0.2, 0) is 14.3 Å². The number of esters is 1. The molecule has 4 atom stereocenters. The number of aliphatic hydroxyl groups is 1. The number of hydrogen-bond acceptors (Lipinski definition) is 4. The lowest BCUT2D eigenvalue weighted by Gasteiger charge is -2.56. The van der Waals surface area contributed by atoms with Gasteiger partial charge < -0.3 is 9.84 Å². The van der Waals surface area contributed by atoms with Gasteiger partial charge in [-0.3, -0.25) is 9.59 Å². The Morgan fingerprint density at radius 1 is 1.38 bits per heavy atom. The van der Waals surface area contributed by atoms with Crippen LogP contribution in [-0.4, -0.2) is 28.6 Å². The molecule has 0 radical (unpaired) electrons. The second-order valence-corrected chi connectivity index (χ2v) is 9.30. The Morgan fingerprint density at radius 3 is 2.54 bits per heavy atom. The molecule has 0 saturated heterocycles. The third kappa shape index (κ3) is 3.66. The zero-order valence-corrected chi connectivity index (χ0v) is 17.1. The summed E-state index contributed by atoms with van der Waals surface area (Å²) < 4.78 is 5.57. The van der Waals surface area contributed by atoms with Gasteiger partial charge in [-0.15, -0.1) is 6.58 Å². The predicted molar refractivity (Wildman–Crippen MR) is 103 cm³/mol. The Hall–Kier alpha value is -1.42. The molecule has 2 aliphatic rings. The van der Waals surface area contributed by atoms with Crippen LogP contribution in [0.3, 0.4) is 0 Å². The lowest BCUT2D eigenvalue weighted by Crippen LogP contribution is -2.56. The molecule has 2 rings (SSSR count).